The van der Waals surface area contributed by atoms with Gasteiger partial charge in [-0.25, -0.2) is 0 Å². The molecule has 1 heterocycles. The summed E-state index contributed by atoms with van der Waals surface area (Å²) in [5.74, 6) is 0.576. The van der Waals surface area contributed by atoms with E-state index in [9.17, 15) is 0 Å². The molecule has 0 saturated heterocycles. The summed E-state index contributed by atoms with van der Waals surface area (Å²) in [4.78, 5) is 4.56. The van der Waals surface area contributed by atoms with Crippen LogP contribution in [-0.4, -0.2) is 36.4 Å². The first-order valence-corrected chi connectivity index (χ1v) is 4.89. The summed E-state index contributed by atoms with van der Waals surface area (Å²) in [6, 6.07) is 0. The zero-order chi connectivity index (χ0) is 10.2. The molecule has 0 aliphatic carbocycles. The van der Waals surface area contributed by atoms with E-state index in [2.05, 4.69) is 50.2 Å². The molecule has 1 aromatic rings. The van der Waals surface area contributed by atoms with E-state index in [1.807, 2.05) is 0 Å². The number of hydrogen-bond acceptors (Lipinski definition) is 1. The maximum absolute atomic E-state index is 4.56. The van der Waals surface area contributed by atoms with Crippen LogP contribution in [0.1, 0.15) is 25.3 Å². The number of pyridine rings is 1. The van der Waals surface area contributed by atoms with Crippen molar-refractivity contribution in [2.24, 2.45) is 0 Å². The fourth-order valence-electron chi connectivity index (χ4n) is 1.99. The van der Waals surface area contributed by atoms with Gasteiger partial charge in [0.1, 0.15) is 15.7 Å². The molecule has 1 nitrogen and oxygen atoms in total. The summed E-state index contributed by atoms with van der Waals surface area (Å²) in [5, 5.41) is 0. The lowest BCUT2D eigenvalue weighted by Crippen LogP contribution is -2.48. The van der Waals surface area contributed by atoms with Gasteiger partial charge in [-0.15, -0.1) is 0 Å². The molecule has 0 aliphatic heterocycles. The smallest absolute Gasteiger partial charge is 0.164 e. The van der Waals surface area contributed by atoms with Crippen LogP contribution in [0.15, 0.2) is 0 Å². The van der Waals surface area contributed by atoms with Gasteiger partial charge in [-0.1, -0.05) is 24.8 Å². The van der Waals surface area contributed by atoms with Gasteiger partial charge in [-0.3, -0.25) is 4.98 Å². The molecule has 5 heteroatoms. The fourth-order valence-corrected chi connectivity index (χ4v) is 1.99. The van der Waals surface area contributed by atoms with Gasteiger partial charge < -0.3 is 0 Å². The lowest BCUT2D eigenvalue weighted by Gasteiger charge is -2.17. The monoisotopic (exact) mass is 169 g/mol. The van der Waals surface area contributed by atoms with Gasteiger partial charge in [0, 0.05) is 0 Å². The molecule has 64 valence electrons. The minimum Gasteiger partial charge on any atom is -0.280 e. The molecule has 0 spiro atoms. The summed E-state index contributed by atoms with van der Waals surface area (Å²) < 4.78 is 0. The van der Waals surface area contributed by atoms with E-state index >= 15 is 0 Å². The molecule has 0 radical (unpaired) electrons. The first kappa shape index (κ1) is 10.5. The van der Waals surface area contributed by atoms with E-state index in [1.54, 1.807) is 0 Å². The summed E-state index contributed by atoms with van der Waals surface area (Å²) in [5.41, 5.74) is 6.53. The van der Waals surface area contributed by atoms with Gasteiger partial charge in [0.15, 0.2) is 15.7 Å². The second kappa shape index (κ2) is 3.65. The second-order valence-corrected chi connectivity index (χ2v) is 4.10. The molecule has 0 fully saturated rings. The van der Waals surface area contributed by atoms with Gasteiger partial charge in [0.25, 0.3) is 0 Å². The molecule has 1 aromatic heterocycles. The zero-order valence-corrected chi connectivity index (χ0v) is 9.52. The average molecular weight is 168 g/mol. The van der Waals surface area contributed by atoms with Crippen LogP contribution >= 0.6 is 0 Å². The summed E-state index contributed by atoms with van der Waals surface area (Å²) in [7, 11) is 8.55. The van der Waals surface area contributed by atoms with Crippen LogP contribution < -0.4 is 22.1 Å². The fraction of sp³-hybridized carbons (Fsp3) is 0.375. The Morgan fingerprint density at radius 2 is 1.46 bits per heavy atom. The molecule has 0 aliphatic rings. The van der Waals surface area contributed by atoms with Gasteiger partial charge in [0.05, 0.1) is 0 Å². The van der Waals surface area contributed by atoms with Crippen LogP contribution in [0.2, 0.25) is 0 Å². The van der Waals surface area contributed by atoms with Crippen LogP contribution in [0.25, 0.3) is 0 Å². The summed E-state index contributed by atoms with van der Waals surface area (Å²) >= 11 is 0. The Labute approximate surface area is 84.4 Å². The Balaban J connectivity index is 3.44. The highest BCUT2D eigenvalue weighted by molar-refractivity contribution is 6.58. The van der Waals surface area contributed by atoms with E-state index in [0.29, 0.717) is 5.92 Å². The standard InChI is InChI=1S/C8H15B4N/c1-3(2)4-5(9)6(10)8(12)13-7(4)11/h3H,9-12H2,1-2H3. The molecule has 13 heavy (non-hydrogen) atoms. The summed E-state index contributed by atoms with van der Waals surface area (Å²) in [6.07, 6.45) is 0. The van der Waals surface area contributed by atoms with Crippen LogP contribution in [0.5, 0.6) is 0 Å². The highest BCUT2D eigenvalue weighted by atomic mass is 14.7. The van der Waals surface area contributed by atoms with Crippen LogP contribution in [-0.2, 0) is 0 Å². The van der Waals surface area contributed by atoms with Crippen molar-refractivity contribution in [3.05, 3.63) is 5.56 Å². The predicted molar refractivity (Wildman–Crippen MR) is 71.0 cm³/mol. The largest absolute Gasteiger partial charge is 0.280 e. The van der Waals surface area contributed by atoms with Crippen molar-refractivity contribution in [3.63, 3.8) is 0 Å². The van der Waals surface area contributed by atoms with E-state index in [1.165, 1.54) is 27.7 Å². The Morgan fingerprint density at radius 3 is 1.92 bits per heavy atom. The molecular weight excluding hydrogens is 153 g/mol. The Bertz CT molecular complexity index is 335. The molecule has 0 atom stereocenters. The molecule has 0 bridgehead atoms. The van der Waals surface area contributed by atoms with Crippen molar-refractivity contribution >= 4 is 53.5 Å². The second-order valence-electron chi connectivity index (χ2n) is 4.10. The third-order valence-corrected chi connectivity index (χ3v) is 2.81. The van der Waals surface area contributed by atoms with Crippen molar-refractivity contribution in [3.8, 4) is 0 Å². The van der Waals surface area contributed by atoms with E-state index < -0.39 is 0 Å². The topological polar surface area (TPSA) is 12.9 Å². The maximum atomic E-state index is 4.56. The van der Waals surface area contributed by atoms with Gasteiger partial charge in [0.2, 0.25) is 0 Å². The van der Waals surface area contributed by atoms with Crippen LogP contribution in [0.3, 0.4) is 0 Å². The number of nitrogens with zero attached hydrogens (tertiary/aromatic N) is 1. The number of aromatic nitrogens is 1. The highest BCUT2D eigenvalue weighted by Crippen LogP contribution is 2.05. The lowest BCUT2D eigenvalue weighted by atomic mass is 9.69. The highest BCUT2D eigenvalue weighted by Gasteiger charge is 2.10. The predicted octanol–water partition coefficient (Wildman–Crippen LogP) is -4.76. The van der Waals surface area contributed by atoms with E-state index in [4.69, 9.17) is 0 Å². The SMILES string of the molecule is Bc1nc(B)c(C(C)C)c(B)c1B. The maximum Gasteiger partial charge on any atom is 0.164 e. The van der Waals surface area contributed by atoms with Crippen molar-refractivity contribution in [2.45, 2.75) is 19.8 Å². The van der Waals surface area contributed by atoms with E-state index in [-0.39, 0.29) is 0 Å². The van der Waals surface area contributed by atoms with Crippen molar-refractivity contribution < 1.29 is 0 Å². The number of rotatable bonds is 1. The van der Waals surface area contributed by atoms with Gasteiger partial charge in [-0.05, 0) is 22.7 Å². The lowest BCUT2D eigenvalue weighted by molar-refractivity contribution is 0.876. The number of hydrogen-bond donors (Lipinski definition) is 0. The first-order chi connectivity index (χ1) is 5.95. The minimum absolute atomic E-state index is 0.576. The third kappa shape index (κ3) is 1.84. The Hall–Kier alpha value is -0.590. The molecule has 0 amide bonds. The first-order valence-electron chi connectivity index (χ1n) is 4.89. The Kier molecular flexibility index (Phi) is 2.94. The van der Waals surface area contributed by atoms with Gasteiger partial charge >= 0.3 is 0 Å². The molecule has 0 unspecified atom stereocenters. The molecular formula is C8H15B4N. The Morgan fingerprint density at radius 1 is 0.923 bits per heavy atom. The zero-order valence-electron chi connectivity index (χ0n) is 9.52. The van der Waals surface area contributed by atoms with Crippen molar-refractivity contribution in [1.29, 1.82) is 0 Å². The van der Waals surface area contributed by atoms with Crippen LogP contribution in [0, 0.1) is 0 Å². The van der Waals surface area contributed by atoms with Crippen molar-refractivity contribution in [1.82, 2.24) is 4.98 Å². The normalized spacial score (nSPS) is 10.7. The quantitative estimate of drug-likeness (QED) is 0.384. The average Bonchev–Trinajstić information content (AvgIpc) is 1.99. The van der Waals surface area contributed by atoms with Crippen LogP contribution in [0.4, 0.5) is 0 Å². The molecule has 0 aromatic carbocycles. The molecule has 1 rings (SSSR count). The third-order valence-electron chi connectivity index (χ3n) is 2.81. The molecule has 0 N–H and O–H groups in total. The summed E-state index contributed by atoms with van der Waals surface area (Å²) in [6.45, 7) is 4.46. The van der Waals surface area contributed by atoms with E-state index in [0.717, 1.165) is 0 Å². The van der Waals surface area contributed by atoms with Crippen molar-refractivity contribution in [2.75, 3.05) is 0 Å². The molecule has 0 saturated carbocycles. The van der Waals surface area contributed by atoms with Gasteiger partial charge in [-0.2, -0.15) is 0 Å². The minimum atomic E-state index is 0.576.